The first kappa shape index (κ1) is 16.6. The van der Waals surface area contributed by atoms with Crippen molar-refractivity contribution in [2.75, 3.05) is 11.5 Å². The number of hydrogen-bond donors (Lipinski definition) is 1. The Kier molecular flexibility index (Phi) is 6.82. The quantitative estimate of drug-likeness (QED) is 0.763. The number of amides is 1. The Morgan fingerprint density at radius 3 is 2.71 bits per heavy atom. The SMILES string of the molecule is CCSc1nnc(SCC(=O)NCc2ccccc2Cl)s1. The molecule has 0 spiro atoms. The van der Waals surface area contributed by atoms with E-state index in [-0.39, 0.29) is 5.91 Å². The summed E-state index contributed by atoms with van der Waals surface area (Å²) in [5.41, 5.74) is 0.912. The molecule has 1 N–H and O–H groups in total. The van der Waals surface area contributed by atoms with Crippen molar-refractivity contribution in [1.82, 2.24) is 15.5 Å². The monoisotopic (exact) mass is 359 g/mol. The van der Waals surface area contributed by atoms with Crippen molar-refractivity contribution >= 4 is 52.4 Å². The van der Waals surface area contributed by atoms with Crippen LogP contribution in [0, 0.1) is 0 Å². The highest BCUT2D eigenvalue weighted by molar-refractivity contribution is 8.03. The molecule has 0 aliphatic heterocycles. The molecule has 1 aromatic carbocycles. The van der Waals surface area contributed by atoms with Gasteiger partial charge in [-0.25, -0.2) is 0 Å². The van der Waals surface area contributed by atoms with Crippen molar-refractivity contribution in [3.8, 4) is 0 Å². The Balaban J connectivity index is 1.75. The molecule has 1 heterocycles. The van der Waals surface area contributed by atoms with Gasteiger partial charge in [0.15, 0.2) is 8.68 Å². The van der Waals surface area contributed by atoms with Gasteiger partial charge in [0.25, 0.3) is 0 Å². The van der Waals surface area contributed by atoms with Gasteiger partial charge < -0.3 is 5.32 Å². The summed E-state index contributed by atoms with van der Waals surface area (Å²) in [6.45, 7) is 2.51. The molecule has 0 fully saturated rings. The first-order valence-corrected chi connectivity index (χ1v) is 9.44. The van der Waals surface area contributed by atoms with Crippen LogP contribution in [-0.4, -0.2) is 27.6 Å². The number of nitrogens with zero attached hydrogens (tertiary/aromatic N) is 2. The number of carbonyl (C=O) groups excluding carboxylic acids is 1. The fourth-order valence-corrected chi connectivity index (χ4v) is 4.40. The summed E-state index contributed by atoms with van der Waals surface area (Å²) in [6, 6.07) is 7.47. The second-order valence-corrected chi connectivity index (χ2v) is 8.04. The topological polar surface area (TPSA) is 54.9 Å². The molecule has 0 atom stereocenters. The van der Waals surface area contributed by atoms with Gasteiger partial charge in [-0.1, -0.05) is 71.6 Å². The molecule has 1 aromatic heterocycles. The van der Waals surface area contributed by atoms with E-state index in [1.54, 1.807) is 11.8 Å². The zero-order chi connectivity index (χ0) is 15.1. The number of benzene rings is 1. The summed E-state index contributed by atoms with van der Waals surface area (Å²) in [6.07, 6.45) is 0. The van der Waals surface area contributed by atoms with Gasteiger partial charge in [0, 0.05) is 11.6 Å². The Hall–Kier alpha value is -0.760. The van der Waals surface area contributed by atoms with Crippen LogP contribution < -0.4 is 5.32 Å². The number of halogens is 1. The van der Waals surface area contributed by atoms with Gasteiger partial charge in [-0.3, -0.25) is 4.79 Å². The third-order valence-electron chi connectivity index (χ3n) is 2.42. The van der Waals surface area contributed by atoms with Gasteiger partial charge in [-0.05, 0) is 17.4 Å². The predicted octanol–water partition coefficient (Wildman–Crippen LogP) is 3.71. The summed E-state index contributed by atoms with van der Waals surface area (Å²) in [5.74, 6) is 1.26. The van der Waals surface area contributed by atoms with E-state index >= 15 is 0 Å². The Morgan fingerprint density at radius 2 is 2.00 bits per heavy atom. The molecule has 0 unspecified atom stereocenters. The fourth-order valence-electron chi connectivity index (χ4n) is 1.45. The van der Waals surface area contributed by atoms with Crippen LogP contribution in [0.3, 0.4) is 0 Å². The van der Waals surface area contributed by atoms with Gasteiger partial charge in [0.05, 0.1) is 5.75 Å². The Labute approximate surface area is 141 Å². The van der Waals surface area contributed by atoms with E-state index in [1.807, 2.05) is 24.3 Å². The van der Waals surface area contributed by atoms with Crippen LogP contribution in [0.1, 0.15) is 12.5 Å². The molecule has 0 aliphatic carbocycles. The standard InChI is InChI=1S/C13H14ClN3OS3/c1-2-19-12-16-17-13(21-12)20-8-11(18)15-7-9-5-3-4-6-10(9)14/h3-6H,2,7-8H2,1H3,(H,15,18). The normalized spacial score (nSPS) is 10.6. The number of nitrogens with one attached hydrogen (secondary N) is 1. The fraction of sp³-hybridized carbons (Fsp3) is 0.308. The lowest BCUT2D eigenvalue weighted by Crippen LogP contribution is -2.24. The van der Waals surface area contributed by atoms with Crippen LogP contribution in [0.15, 0.2) is 32.9 Å². The number of rotatable bonds is 7. The highest BCUT2D eigenvalue weighted by atomic mass is 35.5. The maximum Gasteiger partial charge on any atom is 0.230 e. The molecule has 0 bridgehead atoms. The molecular formula is C13H14ClN3OS3. The molecule has 4 nitrogen and oxygen atoms in total. The zero-order valence-corrected chi connectivity index (χ0v) is 14.5. The van der Waals surface area contributed by atoms with E-state index in [0.717, 1.165) is 20.0 Å². The highest BCUT2D eigenvalue weighted by Gasteiger charge is 2.08. The molecule has 0 aliphatic rings. The van der Waals surface area contributed by atoms with E-state index in [4.69, 9.17) is 11.6 Å². The molecule has 0 saturated heterocycles. The first-order chi connectivity index (χ1) is 10.2. The summed E-state index contributed by atoms with van der Waals surface area (Å²) in [4.78, 5) is 11.8. The average Bonchev–Trinajstić information content (AvgIpc) is 2.92. The minimum Gasteiger partial charge on any atom is -0.351 e. The molecule has 0 radical (unpaired) electrons. The molecule has 2 aromatic rings. The van der Waals surface area contributed by atoms with Crippen molar-refractivity contribution in [2.45, 2.75) is 22.1 Å². The predicted molar refractivity (Wildman–Crippen MR) is 90.3 cm³/mol. The zero-order valence-electron chi connectivity index (χ0n) is 11.3. The lowest BCUT2D eigenvalue weighted by atomic mass is 10.2. The molecule has 1 amide bonds. The van der Waals surface area contributed by atoms with Crippen LogP contribution in [-0.2, 0) is 11.3 Å². The minimum atomic E-state index is -0.0418. The van der Waals surface area contributed by atoms with Crippen LogP contribution in [0.25, 0.3) is 0 Å². The molecular weight excluding hydrogens is 346 g/mol. The van der Waals surface area contributed by atoms with Crippen molar-refractivity contribution in [2.24, 2.45) is 0 Å². The smallest absolute Gasteiger partial charge is 0.230 e. The number of carbonyl (C=O) groups is 1. The second kappa shape index (κ2) is 8.63. The van der Waals surface area contributed by atoms with Gasteiger partial charge in [-0.2, -0.15) is 0 Å². The van der Waals surface area contributed by atoms with E-state index < -0.39 is 0 Å². The van der Waals surface area contributed by atoms with Crippen LogP contribution >= 0.6 is 46.5 Å². The van der Waals surface area contributed by atoms with Crippen molar-refractivity contribution < 1.29 is 4.79 Å². The van der Waals surface area contributed by atoms with Crippen molar-refractivity contribution in [3.63, 3.8) is 0 Å². The third-order valence-corrected chi connectivity index (χ3v) is 5.86. The van der Waals surface area contributed by atoms with Crippen molar-refractivity contribution in [1.29, 1.82) is 0 Å². The number of aromatic nitrogens is 2. The molecule has 21 heavy (non-hydrogen) atoms. The van der Waals surface area contributed by atoms with E-state index in [0.29, 0.717) is 17.3 Å². The molecule has 0 saturated carbocycles. The van der Waals surface area contributed by atoms with Crippen LogP contribution in [0.4, 0.5) is 0 Å². The van der Waals surface area contributed by atoms with E-state index in [1.165, 1.54) is 23.1 Å². The van der Waals surface area contributed by atoms with Gasteiger partial charge in [-0.15, -0.1) is 10.2 Å². The summed E-state index contributed by atoms with van der Waals surface area (Å²) < 4.78 is 1.76. The summed E-state index contributed by atoms with van der Waals surface area (Å²) in [5, 5.41) is 11.6. The van der Waals surface area contributed by atoms with E-state index in [2.05, 4.69) is 22.4 Å². The molecule has 8 heteroatoms. The maximum atomic E-state index is 11.8. The summed E-state index contributed by atoms with van der Waals surface area (Å²) >= 11 is 10.6. The highest BCUT2D eigenvalue weighted by Crippen LogP contribution is 2.28. The van der Waals surface area contributed by atoms with Gasteiger partial charge >= 0.3 is 0 Å². The van der Waals surface area contributed by atoms with Gasteiger partial charge in [0.1, 0.15) is 0 Å². The lowest BCUT2D eigenvalue weighted by Gasteiger charge is -2.05. The Morgan fingerprint density at radius 1 is 1.29 bits per heavy atom. The minimum absolute atomic E-state index is 0.0418. The molecule has 112 valence electrons. The lowest BCUT2D eigenvalue weighted by molar-refractivity contribution is -0.118. The van der Waals surface area contributed by atoms with Crippen LogP contribution in [0.2, 0.25) is 5.02 Å². The van der Waals surface area contributed by atoms with E-state index in [9.17, 15) is 4.79 Å². The van der Waals surface area contributed by atoms with Crippen molar-refractivity contribution in [3.05, 3.63) is 34.9 Å². The average molecular weight is 360 g/mol. The van der Waals surface area contributed by atoms with Gasteiger partial charge in [0.2, 0.25) is 5.91 Å². The number of thioether (sulfide) groups is 2. The third kappa shape index (κ3) is 5.50. The largest absolute Gasteiger partial charge is 0.351 e. The second-order valence-electron chi connectivity index (χ2n) is 3.92. The molecule has 2 rings (SSSR count). The number of hydrogen-bond acceptors (Lipinski definition) is 6. The first-order valence-electron chi connectivity index (χ1n) is 6.28. The Bertz CT molecular complexity index is 606. The maximum absolute atomic E-state index is 11.8. The summed E-state index contributed by atoms with van der Waals surface area (Å²) in [7, 11) is 0. The van der Waals surface area contributed by atoms with Crippen LogP contribution in [0.5, 0.6) is 0 Å².